The summed E-state index contributed by atoms with van der Waals surface area (Å²) in [4.78, 5) is 12.4. The summed E-state index contributed by atoms with van der Waals surface area (Å²) in [6.07, 6.45) is 1.48. The molecule has 0 aliphatic carbocycles. The fraction of sp³-hybridized carbons (Fsp3) is 0.133. The number of anilines is 1. The molecule has 10 heteroatoms. The van der Waals surface area contributed by atoms with Gasteiger partial charge in [0, 0.05) is 6.20 Å². The number of benzene rings is 1. The highest BCUT2D eigenvalue weighted by molar-refractivity contribution is 7.92. The standard InChI is InChI=1S/C15H12FN5O3S/c1-2-25(23,24)19-12-8-13(11(16)7-10(12)9-17)21-15(22)20-6-4-3-5-14(20)18-21/h3-8,19H,2H2,1H3. The second-order valence-electron chi connectivity index (χ2n) is 5.09. The predicted molar refractivity (Wildman–Crippen MR) is 88.5 cm³/mol. The summed E-state index contributed by atoms with van der Waals surface area (Å²) >= 11 is 0. The number of nitrogens with one attached hydrogen (secondary N) is 1. The molecule has 25 heavy (non-hydrogen) atoms. The number of fused-ring (bicyclic) bond motifs is 1. The highest BCUT2D eigenvalue weighted by Crippen LogP contribution is 2.23. The van der Waals surface area contributed by atoms with Crippen LogP contribution in [0.5, 0.6) is 0 Å². The number of hydrogen-bond acceptors (Lipinski definition) is 5. The van der Waals surface area contributed by atoms with Gasteiger partial charge in [-0.05, 0) is 31.2 Å². The Kier molecular flexibility index (Phi) is 4.02. The van der Waals surface area contributed by atoms with E-state index in [-0.39, 0.29) is 22.7 Å². The molecule has 0 fully saturated rings. The zero-order valence-corrected chi connectivity index (χ0v) is 13.8. The zero-order valence-electron chi connectivity index (χ0n) is 13.0. The van der Waals surface area contributed by atoms with Crippen molar-refractivity contribution < 1.29 is 12.8 Å². The largest absolute Gasteiger partial charge is 0.355 e. The summed E-state index contributed by atoms with van der Waals surface area (Å²) in [5.74, 6) is -1.10. The molecule has 0 saturated heterocycles. The first kappa shape index (κ1) is 16.7. The van der Waals surface area contributed by atoms with Gasteiger partial charge in [-0.3, -0.25) is 4.72 Å². The van der Waals surface area contributed by atoms with Crippen LogP contribution in [0.15, 0.2) is 41.3 Å². The Morgan fingerprint density at radius 1 is 1.36 bits per heavy atom. The Hall–Kier alpha value is -3.19. The van der Waals surface area contributed by atoms with Crippen LogP contribution in [0.25, 0.3) is 11.3 Å². The van der Waals surface area contributed by atoms with Crippen LogP contribution in [0.3, 0.4) is 0 Å². The van der Waals surface area contributed by atoms with Crippen molar-refractivity contribution in [3.8, 4) is 11.8 Å². The van der Waals surface area contributed by atoms with Crippen molar-refractivity contribution in [3.05, 3.63) is 58.4 Å². The molecule has 0 aliphatic heterocycles. The van der Waals surface area contributed by atoms with Crippen LogP contribution in [0.1, 0.15) is 12.5 Å². The van der Waals surface area contributed by atoms with Crippen molar-refractivity contribution in [2.24, 2.45) is 0 Å². The van der Waals surface area contributed by atoms with Crippen LogP contribution < -0.4 is 10.4 Å². The molecule has 0 amide bonds. The Bertz CT molecular complexity index is 1170. The third kappa shape index (κ3) is 2.97. The number of pyridine rings is 1. The molecule has 0 bridgehead atoms. The first-order valence-corrected chi connectivity index (χ1v) is 8.82. The first-order valence-electron chi connectivity index (χ1n) is 7.17. The van der Waals surface area contributed by atoms with E-state index in [0.29, 0.717) is 5.65 Å². The minimum Gasteiger partial charge on any atom is -0.282 e. The molecule has 3 rings (SSSR count). The van der Waals surface area contributed by atoms with Gasteiger partial charge in [-0.25, -0.2) is 22.0 Å². The molecule has 0 radical (unpaired) electrons. The fourth-order valence-corrected chi connectivity index (χ4v) is 2.87. The molecule has 8 nitrogen and oxygen atoms in total. The number of sulfonamides is 1. The highest BCUT2D eigenvalue weighted by atomic mass is 32.2. The Labute approximate surface area is 141 Å². The molecular formula is C15H12FN5O3S. The number of nitriles is 1. The van der Waals surface area contributed by atoms with Crippen molar-refractivity contribution in [1.29, 1.82) is 5.26 Å². The summed E-state index contributed by atoms with van der Waals surface area (Å²) < 4.78 is 42.2. The van der Waals surface area contributed by atoms with Gasteiger partial charge >= 0.3 is 5.69 Å². The molecule has 1 aromatic carbocycles. The van der Waals surface area contributed by atoms with Crippen LogP contribution in [-0.2, 0) is 10.0 Å². The van der Waals surface area contributed by atoms with Crippen LogP contribution in [0, 0.1) is 17.1 Å². The van der Waals surface area contributed by atoms with Gasteiger partial charge < -0.3 is 0 Å². The molecule has 2 heterocycles. The molecule has 0 unspecified atom stereocenters. The number of hydrogen-bond donors (Lipinski definition) is 1. The SMILES string of the molecule is CCS(=O)(=O)Nc1cc(-n2nc3ccccn3c2=O)c(F)cc1C#N. The molecule has 0 saturated carbocycles. The monoisotopic (exact) mass is 361 g/mol. The minimum absolute atomic E-state index is 0.121. The average Bonchev–Trinajstić information content (AvgIpc) is 2.93. The van der Waals surface area contributed by atoms with Gasteiger partial charge in [-0.1, -0.05) is 6.07 Å². The molecule has 0 spiro atoms. The summed E-state index contributed by atoms with van der Waals surface area (Å²) in [5, 5.41) is 13.1. The van der Waals surface area contributed by atoms with Crippen LogP contribution in [0.4, 0.5) is 10.1 Å². The van der Waals surface area contributed by atoms with E-state index in [1.807, 2.05) is 0 Å². The van der Waals surface area contributed by atoms with E-state index >= 15 is 0 Å². The van der Waals surface area contributed by atoms with Crippen molar-refractivity contribution in [2.75, 3.05) is 10.5 Å². The maximum absolute atomic E-state index is 14.4. The van der Waals surface area contributed by atoms with Gasteiger partial charge in [0.1, 0.15) is 11.8 Å². The molecule has 128 valence electrons. The lowest BCUT2D eigenvalue weighted by Crippen LogP contribution is -2.21. The number of rotatable bonds is 4. The summed E-state index contributed by atoms with van der Waals surface area (Å²) in [6.45, 7) is 1.42. The van der Waals surface area contributed by atoms with E-state index in [1.165, 1.54) is 17.5 Å². The third-order valence-electron chi connectivity index (χ3n) is 3.51. The fourth-order valence-electron chi connectivity index (χ4n) is 2.22. The van der Waals surface area contributed by atoms with Crippen LogP contribution >= 0.6 is 0 Å². The molecule has 1 N–H and O–H groups in total. The quantitative estimate of drug-likeness (QED) is 0.752. The van der Waals surface area contributed by atoms with Crippen LogP contribution in [-0.4, -0.2) is 28.4 Å². The van der Waals surface area contributed by atoms with Gasteiger partial charge in [0.05, 0.1) is 17.0 Å². The van der Waals surface area contributed by atoms with E-state index in [1.54, 1.807) is 24.3 Å². The van der Waals surface area contributed by atoms with E-state index in [0.717, 1.165) is 16.8 Å². The zero-order chi connectivity index (χ0) is 18.2. The minimum atomic E-state index is -3.69. The molecule has 0 atom stereocenters. The van der Waals surface area contributed by atoms with Gasteiger partial charge in [-0.15, -0.1) is 5.10 Å². The lowest BCUT2D eigenvalue weighted by molar-refractivity contribution is 0.601. The van der Waals surface area contributed by atoms with Crippen LogP contribution in [0.2, 0.25) is 0 Å². The lowest BCUT2D eigenvalue weighted by Gasteiger charge is -2.10. The van der Waals surface area contributed by atoms with Crippen molar-refractivity contribution in [1.82, 2.24) is 14.2 Å². The van der Waals surface area contributed by atoms with Crippen molar-refractivity contribution >= 4 is 21.4 Å². The van der Waals surface area contributed by atoms with Crippen molar-refractivity contribution in [2.45, 2.75) is 6.92 Å². The molecular weight excluding hydrogens is 349 g/mol. The Balaban J connectivity index is 2.24. The maximum Gasteiger partial charge on any atom is 0.355 e. The van der Waals surface area contributed by atoms with Crippen molar-refractivity contribution in [3.63, 3.8) is 0 Å². The van der Waals surface area contributed by atoms with E-state index in [2.05, 4.69) is 9.82 Å². The molecule has 2 aromatic heterocycles. The first-order chi connectivity index (χ1) is 11.9. The molecule has 3 aromatic rings. The molecule has 0 aliphatic rings. The van der Waals surface area contributed by atoms with Gasteiger partial charge in [0.15, 0.2) is 11.5 Å². The highest BCUT2D eigenvalue weighted by Gasteiger charge is 2.18. The Morgan fingerprint density at radius 3 is 2.76 bits per heavy atom. The van der Waals surface area contributed by atoms with E-state index in [9.17, 15) is 17.6 Å². The second kappa shape index (κ2) is 6.03. The maximum atomic E-state index is 14.4. The Morgan fingerprint density at radius 2 is 2.12 bits per heavy atom. The normalized spacial score (nSPS) is 11.4. The van der Waals surface area contributed by atoms with Gasteiger partial charge in [0.25, 0.3) is 0 Å². The van der Waals surface area contributed by atoms with Gasteiger partial charge in [-0.2, -0.15) is 9.94 Å². The van der Waals surface area contributed by atoms with E-state index in [4.69, 9.17) is 5.26 Å². The predicted octanol–water partition coefficient (Wildman–Crippen LogP) is 1.26. The summed E-state index contributed by atoms with van der Waals surface area (Å²) in [5.41, 5.74) is -0.906. The number of nitrogens with zero attached hydrogens (tertiary/aromatic N) is 4. The summed E-state index contributed by atoms with van der Waals surface area (Å²) in [6, 6.07) is 8.52. The third-order valence-corrected chi connectivity index (χ3v) is 4.80. The van der Waals surface area contributed by atoms with E-state index < -0.39 is 21.5 Å². The lowest BCUT2D eigenvalue weighted by atomic mass is 10.1. The number of aromatic nitrogens is 3. The van der Waals surface area contributed by atoms with Gasteiger partial charge in [0.2, 0.25) is 10.0 Å². The smallest absolute Gasteiger partial charge is 0.282 e. The number of halogens is 1. The topological polar surface area (TPSA) is 109 Å². The second-order valence-corrected chi connectivity index (χ2v) is 7.10. The average molecular weight is 361 g/mol. The summed E-state index contributed by atoms with van der Waals surface area (Å²) in [7, 11) is -3.69.